The Balaban J connectivity index is 2.67. The number of halogens is 5. The summed E-state index contributed by atoms with van der Waals surface area (Å²) >= 11 is 29.5. The molecule has 2 aromatic rings. The first kappa shape index (κ1) is 15.0. The van der Waals surface area contributed by atoms with Gasteiger partial charge in [0.15, 0.2) is 0 Å². The number of benzene rings is 2. The molecule has 0 atom stereocenters. The van der Waals surface area contributed by atoms with Gasteiger partial charge in [-0.15, -0.1) is 0 Å². The summed E-state index contributed by atoms with van der Waals surface area (Å²) in [6.07, 6.45) is 0. The number of hydrogen-bond acceptors (Lipinski definition) is 1. The van der Waals surface area contributed by atoms with E-state index in [-0.39, 0.29) is 0 Å². The number of carbonyl (C=O) groups is 1. The molecule has 0 N–H and O–H groups in total. The van der Waals surface area contributed by atoms with Crippen LogP contribution in [0.2, 0.25) is 20.1 Å². The Morgan fingerprint density at radius 3 is 1.95 bits per heavy atom. The molecule has 0 bridgehead atoms. The van der Waals surface area contributed by atoms with Crippen molar-refractivity contribution in [3.63, 3.8) is 0 Å². The van der Waals surface area contributed by atoms with Crippen LogP contribution in [0.15, 0.2) is 30.3 Å². The molecule has 0 spiro atoms. The zero-order valence-electron chi connectivity index (χ0n) is 9.18. The minimum atomic E-state index is -0.575. The molecule has 0 fully saturated rings. The molecule has 0 aliphatic carbocycles. The lowest BCUT2D eigenvalue weighted by Gasteiger charge is -2.09. The smallest absolute Gasteiger partial charge is 0.252 e. The van der Waals surface area contributed by atoms with Gasteiger partial charge in [0.1, 0.15) is 0 Å². The summed E-state index contributed by atoms with van der Waals surface area (Å²) in [5.74, 6) is 0. The van der Waals surface area contributed by atoms with E-state index >= 15 is 0 Å². The Morgan fingerprint density at radius 1 is 0.737 bits per heavy atom. The van der Waals surface area contributed by atoms with Crippen LogP contribution in [-0.4, -0.2) is 5.24 Å². The lowest BCUT2D eigenvalue weighted by molar-refractivity contribution is 0.108. The molecule has 0 heterocycles. The van der Waals surface area contributed by atoms with Crippen LogP contribution in [0, 0.1) is 0 Å². The van der Waals surface area contributed by atoms with E-state index < -0.39 is 5.24 Å². The molecule has 2 aromatic carbocycles. The lowest BCUT2D eigenvalue weighted by Crippen LogP contribution is -1.91. The summed E-state index contributed by atoms with van der Waals surface area (Å²) in [6.45, 7) is 0. The summed E-state index contributed by atoms with van der Waals surface area (Å²) < 4.78 is 0. The van der Waals surface area contributed by atoms with Crippen molar-refractivity contribution < 1.29 is 4.79 Å². The van der Waals surface area contributed by atoms with Crippen LogP contribution in [0.1, 0.15) is 10.4 Å². The predicted octanol–water partition coefficient (Wildman–Crippen LogP) is 6.35. The summed E-state index contributed by atoms with van der Waals surface area (Å²) in [7, 11) is 0. The molecular formula is C13H5Cl5O. The third kappa shape index (κ3) is 3.18. The van der Waals surface area contributed by atoms with Crippen LogP contribution in [0.5, 0.6) is 0 Å². The van der Waals surface area contributed by atoms with Crippen LogP contribution in [-0.2, 0) is 0 Å². The van der Waals surface area contributed by atoms with Crippen LogP contribution in [0.4, 0.5) is 0 Å². The largest absolute Gasteiger partial charge is 0.276 e. The minimum Gasteiger partial charge on any atom is -0.276 e. The first-order chi connectivity index (χ1) is 8.90. The summed E-state index contributed by atoms with van der Waals surface area (Å²) in [5, 5.41) is 0.933. The fraction of sp³-hybridized carbons (Fsp3) is 0. The fourth-order valence-electron chi connectivity index (χ4n) is 1.58. The average Bonchev–Trinajstić information content (AvgIpc) is 2.34. The van der Waals surface area contributed by atoms with Crippen LogP contribution in [0.25, 0.3) is 11.1 Å². The highest BCUT2D eigenvalue weighted by molar-refractivity contribution is 6.67. The van der Waals surface area contributed by atoms with Gasteiger partial charge >= 0.3 is 0 Å². The molecule has 0 aliphatic heterocycles. The molecule has 19 heavy (non-hydrogen) atoms. The number of rotatable bonds is 2. The third-order valence-electron chi connectivity index (χ3n) is 2.49. The Kier molecular flexibility index (Phi) is 4.65. The third-order valence-corrected chi connectivity index (χ3v) is 4.08. The van der Waals surface area contributed by atoms with Gasteiger partial charge in [0.05, 0.1) is 15.1 Å². The van der Waals surface area contributed by atoms with Gasteiger partial charge in [0, 0.05) is 21.7 Å². The molecule has 1 nitrogen and oxygen atoms in total. The second-order valence-corrected chi connectivity index (χ2v) is 5.69. The van der Waals surface area contributed by atoms with Crippen molar-refractivity contribution >= 4 is 63.2 Å². The molecule has 0 radical (unpaired) electrons. The maximum atomic E-state index is 11.2. The van der Waals surface area contributed by atoms with Crippen LogP contribution >= 0.6 is 58.0 Å². The molecular weight excluding hydrogens is 349 g/mol. The van der Waals surface area contributed by atoms with Crippen molar-refractivity contribution in [2.75, 3.05) is 0 Å². The zero-order chi connectivity index (χ0) is 14.2. The van der Waals surface area contributed by atoms with E-state index in [1.807, 2.05) is 0 Å². The lowest BCUT2D eigenvalue weighted by atomic mass is 10.0. The second kappa shape index (κ2) is 5.90. The summed E-state index contributed by atoms with van der Waals surface area (Å²) in [5.41, 5.74) is 1.47. The van der Waals surface area contributed by atoms with Crippen molar-refractivity contribution in [1.82, 2.24) is 0 Å². The zero-order valence-corrected chi connectivity index (χ0v) is 13.0. The second-order valence-electron chi connectivity index (χ2n) is 3.71. The van der Waals surface area contributed by atoms with Crippen molar-refractivity contribution in [1.29, 1.82) is 0 Å². The quantitative estimate of drug-likeness (QED) is 0.454. The molecule has 2 rings (SSSR count). The van der Waals surface area contributed by atoms with Crippen molar-refractivity contribution in [3.05, 3.63) is 56.0 Å². The van der Waals surface area contributed by atoms with E-state index in [1.165, 1.54) is 12.1 Å². The van der Waals surface area contributed by atoms with E-state index in [0.717, 1.165) is 0 Å². The Bertz CT molecular complexity index is 666. The van der Waals surface area contributed by atoms with Crippen LogP contribution in [0.3, 0.4) is 0 Å². The Morgan fingerprint density at radius 2 is 1.32 bits per heavy atom. The molecule has 0 unspecified atom stereocenters. The number of carbonyl (C=O) groups excluding carboxylic acids is 1. The van der Waals surface area contributed by atoms with Gasteiger partial charge in [-0.2, -0.15) is 0 Å². The maximum Gasteiger partial charge on any atom is 0.252 e. The molecule has 6 heteroatoms. The van der Waals surface area contributed by atoms with Gasteiger partial charge in [-0.1, -0.05) is 46.4 Å². The van der Waals surface area contributed by atoms with Gasteiger partial charge in [0.25, 0.3) is 5.24 Å². The fourth-order valence-corrected chi connectivity index (χ4v) is 2.57. The molecule has 0 aliphatic rings. The highest BCUT2D eigenvalue weighted by atomic mass is 35.5. The average molecular weight is 354 g/mol. The van der Waals surface area contributed by atoms with E-state index in [9.17, 15) is 4.79 Å². The topological polar surface area (TPSA) is 17.1 Å². The van der Waals surface area contributed by atoms with E-state index in [4.69, 9.17) is 58.0 Å². The van der Waals surface area contributed by atoms with Crippen LogP contribution < -0.4 is 0 Å². The number of hydrogen-bond donors (Lipinski definition) is 0. The summed E-state index contributed by atoms with van der Waals surface area (Å²) in [4.78, 5) is 11.2. The van der Waals surface area contributed by atoms with Gasteiger partial charge < -0.3 is 0 Å². The SMILES string of the molecule is O=C(Cl)c1ccc(Cl)c(-c2cc(Cl)c(Cl)cc2Cl)c1. The van der Waals surface area contributed by atoms with Crippen molar-refractivity contribution in [2.24, 2.45) is 0 Å². The van der Waals surface area contributed by atoms with Gasteiger partial charge in [-0.25, -0.2) is 0 Å². The Hall–Kier alpha value is -0.440. The van der Waals surface area contributed by atoms with E-state index in [2.05, 4.69) is 0 Å². The van der Waals surface area contributed by atoms with Gasteiger partial charge in [-0.3, -0.25) is 4.79 Å². The highest BCUT2D eigenvalue weighted by Gasteiger charge is 2.13. The van der Waals surface area contributed by atoms with E-state index in [1.54, 1.807) is 18.2 Å². The predicted molar refractivity (Wildman–Crippen MR) is 82.1 cm³/mol. The maximum absolute atomic E-state index is 11.2. The normalized spacial score (nSPS) is 10.6. The first-order valence-electron chi connectivity index (χ1n) is 5.04. The van der Waals surface area contributed by atoms with Crippen molar-refractivity contribution in [2.45, 2.75) is 0 Å². The molecule has 0 saturated heterocycles. The van der Waals surface area contributed by atoms with Gasteiger partial charge in [0.2, 0.25) is 0 Å². The van der Waals surface area contributed by atoms with Gasteiger partial charge in [-0.05, 0) is 41.9 Å². The summed E-state index contributed by atoms with van der Waals surface area (Å²) in [6, 6.07) is 7.78. The molecule has 0 aromatic heterocycles. The first-order valence-corrected chi connectivity index (χ1v) is 6.93. The Labute approximate surface area is 135 Å². The molecule has 98 valence electrons. The minimum absolute atomic E-state index is 0.322. The monoisotopic (exact) mass is 352 g/mol. The van der Waals surface area contributed by atoms with E-state index in [0.29, 0.717) is 36.8 Å². The molecule has 0 saturated carbocycles. The van der Waals surface area contributed by atoms with Crippen molar-refractivity contribution in [3.8, 4) is 11.1 Å². The standard InChI is InChI=1S/C13H5Cl5O/c14-9-2-1-6(13(18)19)3-7(9)8-4-11(16)12(17)5-10(8)15/h1-5H. The molecule has 0 amide bonds. The highest BCUT2D eigenvalue weighted by Crippen LogP contribution is 2.38.